The first-order valence-electron chi connectivity index (χ1n) is 8.20. The Bertz CT molecular complexity index is 779. The first-order chi connectivity index (χ1) is 12.1. The summed E-state index contributed by atoms with van der Waals surface area (Å²) >= 11 is 0. The lowest BCUT2D eigenvalue weighted by molar-refractivity contribution is -0.383. The molecule has 1 saturated heterocycles. The number of hydrogen-bond donors (Lipinski definition) is 2. The van der Waals surface area contributed by atoms with Crippen LogP contribution in [-0.2, 0) is 0 Å². The summed E-state index contributed by atoms with van der Waals surface area (Å²) in [4.78, 5) is 24.9. The Balaban J connectivity index is 1.74. The van der Waals surface area contributed by atoms with Crippen molar-refractivity contribution in [2.24, 2.45) is 0 Å². The summed E-state index contributed by atoms with van der Waals surface area (Å²) in [6, 6.07) is 14.3. The highest BCUT2D eigenvalue weighted by atomic mass is 16.6. The lowest BCUT2D eigenvalue weighted by Crippen LogP contribution is -2.45. The van der Waals surface area contributed by atoms with E-state index in [1.807, 2.05) is 30.3 Å². The van der Waals surface area contributed by atoms with Crippen LogP contribution < -0.4 is 11.1 Å². The van der Waals surface area contributed by atoms with Crippen LogP contribution in [0.4, 0.5) is 17.1 Å². The van der Waals surface area contributed by atoms with Gasteiger partial charge in [-0.1, -0.05) is 24.3 Å². The van der Waals surface area contributed by atoms with Crippen LogP contribution in [0.2, 0.25) is 0 Å². The van der Waals surface area contributed by atoms with Gasteiger partial charge in [-0.15, -0.1) is 0 Å². The van der Waals surface area contributed by atoms with Crippen LogP contribution >= 0.6 is 0 Å². The molecule has 0 aliphatic carbocycles. The molecule has 1 amide bonds. The lowest BCUT2D eigenvalue weighted by atomic mass is 10.0. The van der Waals surface area contributed by atoms with Crippen LogP contribution in [0, 0.1) is 10.1 Å². The topological polar surface area (TPSA) is 102 Å². The zero-order valence-corrected chi connectivity index (χ0v) is 13.7. The highest BCUT2D eigenvalue weighted by molar-refractivity contribution is 6.01. The van der Waals surface area contributed by atoms with Gasteiger partial charge in [-0.3, -0.25) is 14.9 Å². The maximum atomic E-state index is 12.8. The van der Waals surface area contributed by atoms with Gasteiger partial charge in [0.25, 0.3) is 11.6 Å². The fraction of sp³-hybridized carbons (Fsp3) is 0.278. The van der Waals surface area contributed by atoms with Crippen molar-refractivity contribution < 1.29 is 9.72 Å². The van der Waals surface area contributed by atoms with Crippen LogP contribution in [-0.4, -0.2) is 34.9 Å². The summed E-state index contributed by atoms with van der Waals surface area (Å²) in [5, 5.41) is 14.4. The Morgan fingerprint density at radius 3 is 2.68 bits per heavy atom. The number of nitro groups is 1. The average molecular weight is 340 g/mol. The van der Waals surface area contributed by atoms with E-state index in [0.29, 0.717) is 13.1 Å². The van der Waals surface area contributed by atoms with Crippen molar-refractivity contribution >= 4 is 23.0 Å². The number of likely N-dealkylation sites (tertiary alicyclic amines) is 1. The molecule has 1 aliphatic heterocycles. The minimum Gasteiger partial charge on any atom is -0.393 e. The smallest absolute Gasteiger partial charge is 0.292 e. The van der Waals surface area contributed by atoms with Crippen molar-refractivity contribution in [2.75, 3.05) is 24.1 Å². The van der Waals surface area contributed by atoms with Gasteiger partial charge in [-0.2, -0.15) is 0 Å². The summed E-state index contributed by atoms with van der Waals surface area (Å²) in [5.74, 6) is -0.263. The van der Waals surface area contributed by atoms with Gasteiger partial charge >= 0.3 is 0 Å². The van der Waals surface area contributed by atoms with Crippen molar-refractivity contribution in [2.45, 2.75) is 18.9 Å². The summed E-state index contributed by atoms with van der Waals surface area (Å²) < 4.78 is 0. The third-order valence-electron chi connectivity index (χ3n) is 4.36. The molecule has 1 atom stereocenters. The van der Waals surface area contributed by atoms with Crippen molar-refractivity contribution in [3.8, 4) is 0 Å². The SMILES string of the molecule is Nc1c(C(=O)N2CCCC(Nc3ccccc3)C2)cccc1[N+](=O)[O-]. The quantitative estimate of drug-likeness (QED) is 0.506. The number of nitrogens with two attached hydrogens (primary N) is 1. The molecule has 1 aliphatic rings. The number of para-hydroxylation sites is 2. The minimum absolute atomic E-state index is 0.0735. The Morgan fingerprint density at radius 1 is 1.20 bits per heavy atom. The van der Waals surface area contributed by atoms with E-state index in [2.05, 4.69) is 5.32 Å². The van der Waals surface area contributed by atoms with Gasteiger partial charge in [0.05, 0.1) is 10.5 Å². The number of nitrogens with zero attached hydrogens (tertiary/aromatic N) is 2. The second-order valence-corrected chi connectivity index (χ2v) is 6.10. The number of piperidine rings is 1. The molecule has 1 heterocycles. The molecule has 3 rings (SSSR count). The summed E-state index contributed by atoms with van der Waals surface area (Å²) in [6.07, 6.45) is 1.83. The predicted octanol–water partition coefficient (Wildman–Crippen LogP) is 2.89. The van der Waals surface area contributed by atoms with Crippen LogP contribution in [0.3, 0.4) is 0 Å². The van der Waals surface area contributed by atoms with Crippen LogP contribution in [0.1, 0.15) is 23.2 Å². The number of benzene rings is 2. The maximum Gasteiger partial charge on any atom is 0.292 e. The molecule has 0 saturated carbocycles. The van der Waals surface area contributed by atoms with Gasteiger partial charge in [-0.25, -0.2) is 0 Å². The number of amides is 1. The number of nitrogens with one attached hydrogen (secondary N) is 1. The highest BCUT2D eigenvalue weighted by Crippen LogP contribution is 2.27. The Hall–Kier alpha value is -3.09. The van der Waals surface area contributed by atoms with E-state index >= 15 is 0 Å². The number of carbonyl (C=O) groups is 1. The van der Waals surface area contributed by atoms with E-state index in [1.165, 1.54) is 12.1 Å². The molecule has 3 N–H and O–H groups in total. The average Bonchev–Trinajstić information content (AvgIpc) is 2.62. The third-order valence-corrected chi connectivity index (χ3v) is 4.36. The molecule has 0 bridgehead atoms. The molecule has 25 heavy (non-hydrogen) atoms. The third kappa shape index (κ3) is 3.71. The van der Waals surface area contributed by atoms with Gasteiger partial charge in [0, 0.05) is 30.9 Å². The van der Waals surface area contributed by atoms with Crippen LogP contribution in [0.25, 0.3) is 0 Å². The van der Waals surface area contributed by atoms with Crippen molar-refractivity contribution in [1.82, 2.24) is 4.90 Å². The number of anilines is 2. The van der Waals surface area contributed by atoms with Gasteiger partial charge in [-0.05, 0) is 31.0 Å². The summed E-state index contributed by atoms with van der Waals surface area (Å²) in [7, 11) is 0. The first kappa shape index (κ1) is 16.8. The van der Waals surface area contributed by atoms with E-state index < -0.39 is 4.92 Å². The largest absolute Gasteiger partial charge is 0.393 e. The lowest BCUT2D eigenvalue weighted by Gasteiger charge is -2.34. The number of carbonyl (C=O) groups excluding carboxylic acids is 1. The number of nitrogen functional groups attached to an aromatic ring is 1. The molecular formula is C18H20N4O3. The van der Waals surface area contributed by atoms with E-state index in [9.17, 15) is 14.9 Å². The van der Waals surface area contributed by atoms with Crippen LogP contribution in [0.15, 0.2) is 48.5 Å². The van der Waals surface area contributed by atoms with E-state index in [0.717, 1.165) is 18.5 Å². The summed E-state index contributed by atoms with van der Waals surface area (Å²) in [5.41, 5.74) is 6.74. The Kier molecular flexibility index (Phi) is 4.83. The zero-order chi connectivity index (χ0) is 17.8. The van der Waals surface area contributed by atoms with Crippen LogP contribution in [0.5, 0.6) is 0 Å². The number of hydrogen-bond acceptors (Lipinski definition) is 5. The maximum absolute atomic E-state index is 12.8. The van der Waals surface area contributed by atoms with E-state index in [4.69, 9.17) is 5.73 Å². The predicted molar refractivity (Wildman–Crippen MR) is 96.5 cm³/mol. The van der Waals surface area contributed by atoms with Gasteiger partial charge in [0.1, 0.15) is 5.69 Å². The molecule has 2 aromatic carbocycles. The second kappa shape index (κ2) is 7.21. The fourth-order valence-corrected chi connectivity index (χ4v) is 3.12. The molecule has 7 heteroatoms. The van der Waals surface area contributed by atoms with Crippen molar-refractivity contribution in [3.05, 3.63) is 64.2 Å². The molecule has 2 aromatic rings. The molecule has 0 spiro atoms. The molecule has 0 radical (unpaired) electrons. The van der Waals surface area contributed by atoms with Crippen molar-refractivity contribution in [3.63, 3.8) is 0 Å². The van der Waals surface area contributed by atoms with Crippen molar-refractivity contribution in [1.29, 1.82) is 0 Å². The zero-order valence-electron chi connectivity index (χ0n) is 13.7. The van der Waals surface area contributed by atoms with E-state index in [1.54, 1.807) is 11.0 Å². The monoisotopic (exact) mass is 340 g/mol. The van der Waals surface area contributed by atoms with Gasteiger partial charge in [0.15, 0.2) is 0 Å². The molecule has 130 valence electrons. The fourth-order valence-electron chi connectivity index (χ4n) is 3.12. The van der Waals surface area contributed by atoms with Gasteiger partial charge < -0.3 is 16.0 Å². The number of rotatable bonds is 4. The summed E-state index contributed by atoms with van der Waals surface area (Å²) in [6.45, 7) is 1.16. The highest BCUT2D eigenvalue weighted by Gasteiger charge is 2.27. The molecule has 0 aromatic heterocycles. The molecule has 1 fully saturated rings. The van der Waals surface area contributed by atoms with E-state index in [-0.39, 0.29) is 28.9 Å². The molecular weight excluding hydrogens is 320 g/mol. The first-order valence-corrected chi connectivity index (χ1v) is 8.20. The minimum atomic E-state index is -0.567. The molecule has 7 nitrogen and oxygen atoms in total. The van der Waals surface area contributed by atoms with Gasteiger partial charge in [0.2, 0.25) is 0 Å². The molecule has 1 unspecified atom stereocenters. The second-order valence-electron chi connectivity index (χ2n) is 6.10. The Morgan fingerprint density at radius 2 is 1.96 bits per heavy atom. The number of nitro benzene ring substituents is 1. The Labute approximate surface area is 145 Å². The normalized spacial score (nSPS) is 17.1. The standard InChI is InChI=1S/C18H20N4O3/c19-17-15(9-4-10-16(17)22(24)25)18(23)21-11-5-8-14(12-21)20-13-6-2-1-3-7-13/h1-4,6-7,9-10,14,20H,5,8,11-12,19H2.